The summed E-state index contributed by atoms with van der Waals surface area (Å²) in [6, 6.07) is 14.7. The molecule has 0 radical (unpaired) electrons. The Morgan fingerprint density at radius 2 is 1.81 bits per heavy atom. The number of rotatable bonds is 8. The van der Waals surface area contributed by atoms with Crippen LogP contribution in [0.15, 0.2) is 65.1 Å². The van der Waals surface area contributed by atoms with Gasteiger partial charge in [-0.15, -0.1) is 0 Å². The molecular formula is C29H32F4N2O2. The van der Waals surface area contributed by atoms with Gasteiger partial charge in [0.15, 0.2) is 0 Å². The van der Waals surface area contributed by atoms with Gasteiger partial charge >= 0.3 is 6.18 Å². The Morgan fingerprint density at radius 1 is 1.08 bits per heavy atom. The molecule has 1 fully saturated rings. The maximum absolute atomic E-state index is 13.5. The zero-order chi connectivity index (χ0) is 26.7. The average Bonchev–Trinajstić information content (AvgIpc) is 3.43. The van der Waals surface area contributed by atoms with E-state index < -0.39 is 17.6 Å². The summed E-state index contributed by atoms with van der Waals surface area (Å²) in [5, 5.41) is 0. The number of amides is 1. The van der Waals surface area contributed by atoms with Crippen LogP contribution in [0.3, 0.4) is 0 Å². The van der Waals surface area contributed by atoms with E-state index in [-0.39, 0.29) is 23.7 Å². The van der Waals surface area contributed by atoms with Crippen molar-refractivity contribution in [3.05, 3.63) is 94.7 Å². The fourth-order valence-corrected chi connectivity index (χ4v) is 5.13. The van der Waals surface area contributed by atoms with Crippen LogP contribution in [0, 0.1) is 24.6 Å². The third-order valence-corrected chi connectivity index (χ3v) is 6.75. The fourth-order valence-electron chi connectivity index (χ4n) is 5.13. The smallest absolute Gasteiger partial charge is 0.416 e. The highest BCUT2D eigenvalue weighted by Crippen LogP contribution is 2.37. The van der Waals surface area contributed by atoms with Crippen molar-refractivity contribution in [2.75, 3.05) is 26.2 Å². The van der Waals surface area contributed by atoms with Gasteiger partial charge in [-0.1, -0.05) is 32.0 Å². The SMILES string of the molecule is Cc1ccc(CN2CC(CN(CC(C)C)C(=O)c3ccc(F)cc3)C(c3cccc(C(F)(F)F)c3)C2)o1. The maximum Gasteiger partial charge on any atom is 0.416 e. The molecule has 1 aliphatic heterocycles. The van der Waals surface area contributed by atoms with Crippen LogP contribution in [0.1, 0.15) is 52.8 Å². The van der Waals surface area contributed by atoms with E-state index in [4.69, 9.17) is 4.42 Å². The van der Waals surface area contributed by atoms with Gasteiger partial charge in [-0.25, -0.2) is 4.39 Å². The highest BCUT2D eigenvalue weighted by Gasteiger charge is 2.38. The lowest BCUT2D eigenvalue weighted by atomic mass is 9.87. The normalized spacial score (nSPS) is 18.5. The zero-order valence-electron chi connectivity index (χ0n) is 21.3. The van der Waals surface area contributed by atoms with Gasteiger partial charge in [-0.2, -0.15) is 13.2 Å². The minimum Gasteiger partial charge on any atom is -0.465 e. The van der Waals surface area contributed by atoms with E-state index in [9.17, 15) is 22.4 Å². The molecule has 2 aromatic carbocycles. The summed E-state index contributed by atoms with van der Waals surface area (Å²) in [6.07, 6.45) is -4.43. The molecule has 37 heavy (non-hydrogen) atoms. The lowest BCUT2D eigenvalue weighted by Crippen LogP contribution is -2.39. The van der Waals surface area contributed by atoms with E-state index in [1.165, 1.54) is 36.4 Å². The van der Waals surface area contributed by atoms with Gasteiger partial charge in [0.25, 0.3) is 5.91 Å². The molecular weight excluding hydrogens is 484 g/mol. The second-order valence-corrected chi connectivity index (χ2v) is 10.3. The zero-order valence-corrected chi connectivity index (χ0v) is 21.3. The summed E-state index contributed by atoms with van der Waals surface area (Å²) in [5.41, 5.74) is 0.320. The Labute approximate surface area is 214 Å². The summed E-state index contributed by atoms with van der Waals surface area (Å²) in [5.74, 6) is 0.847. The predicted octanol–water partition coefficient (Wildman–Crippen LogP) is 6.76. The van der Waals surface area contributed by atoms with Crippen molar-refractivity contribution in [1.29, 1.82) is 0 Å². The summed E-state index contributed by atoms with van der Waals surface area (Å²) in [4.78, 5) is 17.3. The van der Waals surface area contributed by atoms with Crippen LogP contribution >= 0.6 is 0 Å². The minimum absolute atomic E-state index is 0.0947. The van der Waals surface area contributed by atoms with E-state index in [0.29, 0.717) is 43.9 Å². The van der Waals surface area contributed by atoms with Crippen molar-refractivity contribution >= 4 is 5.91 Å². The summed E-state index contributed by atoms with van der Waals surface area (Å²) in [6.45, 7) is 8.44. The molecule has 2 atom stereocenters. The van der Waals surface area contributed by atoms with Crippen molar-refractivity contribution in [3.8, 4) is 0 Å². The second kappa shape index (κ2) is 11.1. The molecule has 0 aliphatic carbocycles. The molecule has 2 heterocycles. The van der Waals surface area contributed by atoms with E-state index in [1.54, 1.807) is 11.0 Å². The first-order valence-electron chi connectivity index (χ1n) is 12.5. The van der Waals surface area contributed by atoms with Gasteiger partial charge in [0.1, 0.15) is 17.3 Å². The molecule has 1 aromatic heterocycles. The number of benzene rings is 2. The highest BCUT2D eigenvalue weighted by molar-refractivity contribution is 5.94. The van der Waals surface area contributed by atoms with Gasteiger partial charge in [-0.3, -0.25) is 9.69 Å². The van der Waals surface area contributed by atoms with Crippen molar-refractivity contribution in [2.24, 2.45) is 11.8 Å². The van der Waals surface area contributed by atoms with E-state index in [1.807, 2.05) is 32.9 Å². The van der Waals surface area contributed by atoms with Gasteiger partial charge in [0.2, 0.25) is 0 Å². The molecule has 3 aromatic rings. The van der Waals surface area contributed by atoms with E-state index in [2.05, 4.69) is 4.90 Å². The van der Waals surface area contributed by atoms with Crippen LogP contribution in [0.2, 0.25) is 0 Å². The number of nitrogens with zero attached hydrogens (tertiary/aromatic N) is 2. The molecule has 4 nitrogen and oxygen atoms in total. The number of halogens is 4. The van der Waals surface area contributed by atoms with Crippen LogP contribution < -0.4 is 0 Å². The highest BCUT2D eigenvalue weighted by atomic mass is 19.4. The van der Waals surface area contributed by atoms with Crippen LogP contribution in [0.25, 0.3) is 0 Å². The molecule has 0 bridgehead atoms. The number of hydrogen-bond donors (Lipinski definition) is 0. The molecule has 1 amide bonds. The molecule has 0 spiro atoms. The van der Waals surface area contributed by atoms with Crippen LogP contribution in [-0.4, -0.2) is 41.9 Å². The molecule has 198 valence electrons. The Kier molecular flexibility index (Phi) is 8.07. The minimum atomic E-state index is -4.43. The van der Waals surface area contributed by atoms with Crippen molar-refractivity contribution < 1.29 is 26.8 Å². The number of furan rings is 1. The van der Waals surface area contributed by atoms with Gasteiger partial charge < -0.3 is 9.32 Å². The number of alkyl halides is 3. The number of aryl methyl sites for hydroxylation is 1. The van der Waals surface area contributed by atoms with Gasteiger partial charge in [0.05, 0.1) is 12.1 Å². The predicted molar refractivity (Wildman–Crippen MR) is 134 cm³/mol. The summed E-state index contributed by atoms with van der Waals surface area (Å²) in [7, 11) is 0. The lowest BCUT2D eigenvalue weighted by Gasteiger charge is -2.30. The summed E-state index contributed by atoms with van der Waals surface area (Å²) >= 11 is 0. The van der Waals surface area contributed by atoms with Crippen molar-refractivity contribution in [1.82, 2.24) is 9.80 Å². The number of hydrogen-bond acceptors (Lipinski definition) is 3. The molecule has 0 N–H and O–H groups in total. The first kappa shape index (κ1) is 26.9. The van der Waals surface area contributed by atoms with Gasteiger partial charge in [0, 0.05) is 37.7 Å². The summed E-state index contributed by atoms with van der Waals surface area (Å²) < 4.78 is 59.7. The molecule has 8 heteroatoms. The van der Waals surface area contributed by atoms with E-state index in [0.717, 1.165) is 17.6 Å². The number of likely N-dealkylation sites (tertiary alicyclic amines) is 1. The second-order valence-electron chi connectivity index (χ2n) is 10.3. The Hall–Kier alpha value is -3.13. The van der Waals surface area contributed by atoms with Crippen LogP contribution in [0.5, 0.6) is 0 Å². The largest absolute Gasteiger partial charge is 0.465 e. The van der Waals surface area contributed by atoms with Crippen molar-refractivity contribution in [3.63, 3.8) is 0 Å². The first-order chi connectivity index (χ1) is 17.5. The van der Waals surface area contributed by atoms with Crippen LogP contribution in [0.4, 0.5) is 17.6 Å². The molecule has 0 saturated carbocycles. The third kappa shape index (κ3) is 6.80. The molecule has 4 rings (SSSR count). The first-order valence-corrected chi connectivity index (χ1v) is 12.5. The van der Waals surface area contributed by atoms with Crippen molar-refractivity contribution in [2.45, 2.75) is 39.4 Å². The van der Waals surface area contributed by atoms with Crippen LogP contribution in [-0.2, 0) is 12.7 Å². The monoisotopic (exact) mass is 516 g/mol. The van der Waals surface area contributed by atoms with E-state index >= 15 is 0 Å². The topological polar surface area (TPSA) is 36.7 Å². The number of carbonyl (C=O) groups is 1. The third-order valence-electron chi connectivity index (χ3n) is 6.75. The Morgan fingerprint density at radius 3 is 2.43 bits per heavy atom. The molecule has 1 saturated heterocycles. The molecule has 2 unspecified atom stereocenters. The number of carbonyl (C=O) groups excluding carboxylic acids is 1. The quantitative estimate of drug-likeness (QED) is 0.311. The van der Waals surface area contributed by atoms with Gasteiger partial charge in [-0.05, 0) is 66.8 Å². The fraction of sp³-hybridized carbons (Fsp3) is 0.414. The Balaban J connectivity index is 1.62. The Bertz CT molecular complexity index is 1200. The maximum atomic E-state index is 13.5. The standard InChI is InChI=1S/C29H32F4N2O2/c1-19(2)14-35(28(36)21-8-10-25(30)11-9-21)16-23-15-34(17-26-12-7-20(3)37-26)18-27(23)22-5-4-6-24(13-22)29(31,32)33/h4-13,19,23,27H,14-18H2,1-3H3. The average molecular weight is 517 g/mol. The lowest BCUT2D eigenvalue weighted by molar-refractivity contribution is -0.137. The molecule has 1 aliphatic rings.